The maximum absolute atomic E-state index is 10.8. The zero-order valence-corrected chi connectivity index (χ0v) is 12.2. The van der Waals surface area contributed by atoms with Crippen LogP contribution >= 0.6 is 0 Å². The molecule has 1 N–H and O–H groups in total. The van der Waals surface area contributed by atoms with Crippen molar-refractivity contribution in [1.82, 2.24) is 0 Å². The smallest absolute Gasteiger partial charge is 0.328 e. The van der Waals surface area contributed by atoms with Crippen LogP contribution in [0, 0.1) is 0 Å². The molecule has 0 aliphatic heterocycles. The first-order chi connectivity index (χ1) is 10.2. The Labute approximate surface area is 124 Å². The minimum atomic E-state index is -0.916. The first-order valence-corrected chi connectivity index (χ1v) is 6.83. The Hall–Kier alpha value is -2.55. The zero-order chi connectivity index (χ0) is 15.2. The van der Waals surface area contributed by atoms with Gasteiger partial charge in [-0.25, -0.2) is 4.79 Å². The zero-order valence-electron chi connectivity index (χ0n) is 12.2. The molecule has 2 rings (SSSR count). The van der Waals surface area contributed by atoms with Crippen molar-refractivity contribution in [2.24, 2.45) is 0 Å². The van der Waals surface area contributed by atoms with E-state index < -0.39 is 5.97 Å². The first kappa shape index (κ1) is 14.9. The van der Waals surface area contributed by atoms with E-state index in [0.717, 1.165) is 28.0 Å². The molecule has 0 aliphatic rings. The Morgan fingerprint density at radius 3 is 2.38 bits per heavy atom. The number of benzene rings is 2. The van der Waals surface area contributed by atoms with Crippen molar-refractivity contribution in [3.63, 3.8) is 0 Å². The molecule has 0 bridgehead atoms. The predicted octanol–water partition coefficient (Wildman–Crippen LogP) is 4.24. The first-order valence-electron chi connectivity index (χ1n) is 6.83. The topological polar surface area (TPSA) is 46.5 Å². The third-order valence-electron chi connectivity index (χ3n) is 3.35. The number of allylic oxidation sites excluding steroid dienone is 1. The van der Waals surface area contributed by atoms with Crippen LogP contribution in [0.4, 0.5) is 0 Å². The number of carbonyl (C=O) groups is 1. The van der Waals surface area contributed by atoms with Crippen molar-refractivity contribution >= 4 is 11.5 Å². The fourth-order valence-electron chi connectivity index (χ4n) is 2.29. The molecule has 21 heavy (non-hydrogen) atoms. The molecule has 0 aliphatic carbocycles. The van der Waals surface area contributed by atoms with Crippen LogP contribution in [0.15, 0.2) is 54.6 Å². The van der Waals surface area contributed by atoms with Crippen molar-refractivity contribution in [2.75, 3.05) is 7.11 Å². The van der Waals surface area contributed by atoms with Crippen LogP contribution in [0.25, 0.3) is 16.7 Å². The summed E-state index contributed by atoms with van der Waals surface area (Å²) in [5.41, 5.74) is 3.81. The number of para-hydroxylation sites is 1. The molecular weight excluding hydrogens is 264 g/mol. The van der Waals surface area contributed by atoms with Gasteiger partial charge in [-0.05, 0) is 29.2 Å². The summed E-state index contributed by atoms with van der Waals surface area (Å²) >= 11 is 0. The van der Waals surface area contributed by atoms with Crippen LogP contribution in [-0.2, 0) is 4.79 Å². The van der Waals surface area contributed by atoms with Gasteiger partial charge in [-0.2, -0.15) is 0 Å². The van der Waals surface area contributed by atoms with E-state index in [-0.39, 0.29) is 0 Å². The molecule has 0 unspecified atom stereocenters. The average molecular weight is 282 g/mol. The lowest BCUT2D eigenvalue weighted by atomic mass is 9.98. The number of ether oxygens (including phenoxy) is 1. The van der Waals surface area contributed by atoms with Crippen LogP contribution in [0.2, 0.25) is 0 Å². The number of rotatable bonds is 5. The third kappa shape index (κ3) is 3.51. The van der Waals surface area contributed by atoms with Crippen molar-refractivity contribution in [3.8, 4) is 16.9 Å². The minimum Gasteiger partial charge on any atom is -0.496 e. The van der Waals surface area contributed by atoms with Gasteiger partial charge < -0.3 is 9.84 Å². The van der Waals surface area contributed by atoms with E-state index in [9.17, 15) is 4.79 Å². The Morgan fingerprint density at radius 1 is 1.14 bits per heavy atom. The van der Waals surface area contributed by atoms with Gasteiger partial charge in [0.1, 0.15) is 5.75 Å². The fourth-order valence-corrected chi connectivity index (χ4v) is 2.29. The van der Waals surface area contributed by atoms with E-state index in [1.807, 2.05) is 55.5 Å². The summed E-state index contributed by atoms with van der Waals surface area (Å²) in [6.45, 7) is 1.95. The van der Waals surface area contributed by atoms with E-state index >= 15 is 0 Å². The molecule has 0 atom stereocenters. The van der Waals surface area contributed by atoms with E-state index in [4.69, 9.17) is 9.84 Å². The van der Waals surface area contributed by atoms with Gasteiger partial charge >= 0.3 is 5.97 Å². The SMILES string of the molecule is CC/C(=C\C(=O)O)c1ccc(-c2ccccc2OC)cc1. The van der Waals surface area contributed by atoms with E-state index in [1.165, 1.54) is 6.08 Å². The highest BCUT2D eigenvalue weighted by atomic mass is 16.5. The quantitative estimate of drug-likeness (QED) is 0.834. The number of carboxylic acid groups (broad SMARTS) is 1. The van der Waals surface area contributed by atoms with Crippen molar-refractivity contribution < 1.29 is 14.6 Å². The number of carboxylic acids is 1. The molecule has 0 saturated heterocycles. The lowest BCUT2D eigenvalue weighted by molar-refractivity contribution is -0.131. The molecule has 3 heteroatoms. The predicted molar refractivity (Wildman–Crippen MR) is 84.3 cm³/mol. The number of hydrogen-bond acceptors (Lipinski definition) is 2. The second-order valence-corrected chi connectivity index (χ2v) is 4.64. The number of hydrogen-bond donors (Lipinski definition) is 1. The van der Waals surface area contributed by atoms with Crippen molar-refractivity contribution in [2.45, 2.75) is 13.3 Å². The molecule has 0 aromatic heterocycles. The van der Waals surface area contributed by atoms with Gasteiger partial charge in [0.15, 0.2) is 0 Å². The van der Waals surface area contributed by atoms with Gasteiger partial charge in [0.05, 0.1) is 7.11 Å². The van der Waals surface area contributed by atoms with Crippen LogP contribution in [0.5, 0.6) is 5.75 Å². The molecule has 2 aromatic rings. The van der Waals surface area contributed by atoms with Crippen molar-refractivity contribution in [3.05, 3.63) is 60.2 Å². The standard InChI is InChI=1S/C18H18O3/c1-3-13(12-18(19)20)14-8-10-15(11-9-14)16-6-4-5-7-17(16)21-2/h4-12H,3H2,1-2H3,(H,19,20)/b13-12+. The summed E-state index contributed by atoms with van der Waals surface area (Å²) in [6, 6.07) is 15.7. The Bertz CT molecular complexity index is 654. The van der Waals surface area contributed by atoms with Gasteiger partial charge in [-0.3, -0.25) is 0 Å². The maximum atomic E-state index is 10.8. The number of methoxy groups -OCH3 is 1. The van der Waals surface area contributed by atoms with Gasteiger partial charge in [0.2, 0.25) is 0 Å². The molecule has 0 radical (unpaired) electrons. The molecule has 108 valence electrons. The van der Waals surface area contributed by atoms with Crippen LogP contribution in [0.1, 0.15) is 18.9 Å². The monoisotopic (exact) mass is 282 g/mol. The molecule has 0 amide bonds. The minimum absolute atomic E-state index is 0.681. The highest BCUT2D eigenvalue weighted by molar-refractivity contribution is 5.90. The summed E-state index contributed by atoms with van der Waals surface area (Å²) in [4.78, 5) is 10.8. The number of aliphatic carboxylic acids is 1. The van der Waals surface area contributed by atoms with Crippen molar-refractivity contribution in [1.29, 1.82) is 0 Å². The second kappa shape index (κ2) is 6.75. The Balaban J connectivity index is 2.37. The normalized spacial score (nSPS) is 11.2. The van der Waals surface area contributed by atoms with E-state index in [1.54, 1.807) is 7.11 Å². The molecule has 0 heterocycles. The molecule has 2 aromatic carbocycles. The van der Waals surface area contributed by atoms with Crippen LogP contribution in [-0.4, -0.2) is 18.2 Å². The third-order valence-corrected chi connectivity index (χ3v) is 3.35. The van der Waals surface area contributed by atoms with Crippen LogP contribution in [0.3, 0.4) is 0 Å². The van der Waals surface area contributed by atoms with Gasteiger partial charge in [-0.15, -0.1) is 0 Å². The summed E-state index contributed by atoms with van der Waals surface area (Å²) in [5.74, 6) is -0.0947. The average Bonchev–Trinajstić information content (AvgIpc) is 2.52. The van der Waals surface area contributed by atoms with E-state index in [0.29, 0.717) is 6.42 Å². The van der Waals surface area contributed by atoms with Crippen LogP contribution < -0.4 is 4.74 Å². The second-order valence-electron chi connectivity index (χ2n) is 4.64. The van der Waals surface area contributed by atoms with Gasteiger partial charge in [-0.1, -0.05) is 49.4 Å². The lowest BCUT2D eigenvalue weighted by Gasteiger charge is -2.10. The maximum Gasteiger partial charge on any atom is 0.328 e. The largest absolute Gasteiger partial charge is 0.496 e. The fraction of sp³-hybridized carbons (Fsp3) is 0.167. The lowest BCUT2D eigenvalue weighted by Crippen LogP contribution is -1.92. The Morgan fingerprint density at radius 2 is 1.81 bits per heavy atom. The Kier molecular flexibility index (Phi) is 4.77. The molecule has 0 fully saturated rings. The summed E-state index contributed by atoms with van der Waals surface area (Å²) in [7, 11) is 1.65. The molecule has 0 saturated carbocycles. The summed E-state index contributed by atoms with van der Waals surface area (Å²) in [6.07, 6.45) is 1.94. The molecule has 0 spiro atoms. The van der Waals surface area contributed by atoms with Gasteiger partial charge in [0, 0.05) is 11.6 Å². The highest BCUT2D eigenvalue weighted by Crippen LogP contribution is 2.30. The van der Waals surface area contributed by atoms with E-state index in [2.05, 4.69) is 0 Å². The molecule has 3 nitrogen and oxygen atoms in total. The summed E-state index contributed by atoms with van der Waals surface area (Å²) in [5, 5.41) is 8.88. The molecular formula is C18H18O3. The summed E-state index contributed by atoms with van der Waals surface area (Å²) < 4.78 is 5.36. The highest BCUT2D eigenvalue weighted by Gasteiger charge is 2.06. The van der Waals surface area contributed by atoms with Gasteiger partial charge in [0.25, 0.3) is 0 Å².